The molecule has 0 radical (unpaired) electrons. The van der Waals surface area contributed by atoms with Crippen molar-refractivity contribution in [3.8, 4) is 0 Å². The zero-order chi connectivity index (χ0) is 16.1. The first-order valence-electron chi connectivity index (χ1n) is 9.11. The molecule has 5 heteroatoms. The van der Waals surface area contributed by atoms with Crippen molar-refractivity contribution in [3.05, 3.63) is 18.0 Å². The number of nitrogens with zero attached hydrogens (tertiary/aromatic N) is 2. The molecule has 0 bridgehead atoms. The number of rotatable bonds is 6. The number of ether oxygens (including phenoxy) is 2. The van der Waals surface area contributed by atoms with E-state index in [1.165, 1.54) is 44.2 Å². The average molecular weight is 321 g/mol. The first-order chi connectivity index (χ1) is 11.3. The van der Waals surface area contributed by atoms with Crippen molar-refractivity contribution < 1.29 is 9.47 Å². The van der Waals surface area contributed by atoms with Crippen molar-refractivity contribution in [3.63, 3.8) is 0 Å². The van der Waals surface area contributed by atoms with Crippen LogP contribution in [0, 0.1) is 11.8 Å². The summed E-state index contributed by atoms with van der Waals surface area (Å²) >= 11 is 0. The molecule has 0 spiro atoms. The van der Waals surface area contributed by atoms with Crippen LogP contribution in [-0.4, -0.2) is 42.7 Å². The van der Waals surface area contributed by atoms with Gasteiger partial charge in [0.05, 0.1) is 11.8 Å². The Morgan fingerprint density at radius 1 is 1.26 bits per heavy atom. The van der Waals surface area contributed by atoms with E-state index in [-0.39, 0.29) is 6.10 Å². The molecule has 5 nitrogen and oxygen atoms in total. The third kappa shape index (κ3) is 4.34. The normalized spacial score (nSPS) is 32.1. The minimum atomic E-state index is 0.188. The lowest BCUT2D eigenvalue weighted by atomic mass is 9.87. The smallest absolute Gasteiger partial charge is 0.103 e. The largest absolute Gasteiger partial charge is 0.381 e. The minimum Gasteiger partial charge on any atom is -0.381 e. The van der Waals surface area contributed by atoms with Crippen molar-refractivity contribution in [2.45, 2.75) is 50.7 Å². The fourth-order valence-corrected chi connectivity index (χ4v) is 4.09. The molecule has 1 aromatic rings. The van der Waals surface area contributed by atoms with Crippen LogP contribution in [0.25, 0.3) is 0 Å². The second-order valence-corrected chi connectivity index (χ2v) is 7.11. The molecule has 2 fully saturated rings. The summed E-state index contributed by atoms with van der Waals surface area (Å²) in [6.45, 7) is 3.04. The van der Waals surface area contributed by atoms with Gasteiger partial charge in [0.1, 0.15) is 6.10 Å². The quantitative estimate of drug-likeness (QED) is 0.875. The Labute approximate surface area is 139 Å². The van der Waals surface area contributed by atoms with Gasteiger partial charge in [0.15, 0.2) is 0 Å². The van der Waals surface area contributed by atoms with Crippen LogP contribution in [0.2, 0.25) is 0 Å². The van der Waals surface area contributed by atoms with Gasteiger partial charge in [-0.25, -0.2) is 0 Å². The molecule has 0 amide bonds. The van der Waals surface area contributed by atoms with Crippen LogP contribution in [0.4, 0.5) is 0 Å². The van der Waals surface area contributed by atoms with Gasteiger partial charge in [0.2, 0.25) is 0 Å². The van der Waals surface area contributed by atoms with Crippen LogP contribution in [-0.2, 0) is 16.5 Å². The summed E-state index contributed by atoms with van der Waals surface area (Å²) in [6.07, 6.45) is 9.96. The Hall–Kier alpha value is -0.910. The van der Waals surface area contributed by atoms with Crippen LogP contribution < -0.4 is 5.32 Å². The zero-order valence-corrected chi connectivity index (χ0v) is 14.5. The van der Waals surface area contributed by atoms with Crippen molar-refractivity contribution >= 4 is 0 Å². The molecule has 2 heterocycles. The summed E-state index contributed by atoms with van der Waals surface area (Å²) in [6, 6.07) is 2.09. The number of methoxy groups -OCH3 is 1. The Balaban J connectivity index is 1.46. The molecule has 3 rings (SSSR count). The molecule has 0 unspecified atom stereocenters. The second-order valence-electron chi connectivity index (χ2n) is 7.11. The Morgan fingerprint density at radius 3 is 2.78 bits per heavy atom. The number of hydrogen-bond acceptors (Lipinski definition) is 4. The van der Waals surface area contributed by atoms with E-state index in [0.29, 0.717) is 12.0 Å². The lowest BCUT2D eigenvalue weighted by molar-refractivity contribution is -0.0326. The van der Waals surface area contributed by atoms with Crippen LogP contribution in [0.3, 0.4) is 0 Å². The Kier molecular flexibility index (Phi) is 6.08. The molecule has 1 aliphatic carbocycles. The van der Waals surface area contributed by atoms with Gasteiger partial charge in [-0.2, -0.15) is 5.10 Å². The molecule has 1 aromatic heterocycles. The summed E-state index contributed by atoms with van der Waals surface area (Å²) in [4.78, 5) is 0. The number of hydrogen-bond donors (Lipinski definition) is 1. The highest BCUT2D eigenvalue weighted by molar-refractivity contribution is 5.07. The summed E-state index contributed by atoms with van der Waals surface area (Å²) in [5.74, 6) is 1.36. The van der Waals surface area contributed by atoms with Crippen molar-refractivity contribution in [1.29, 1.82) is 0 Å². The van der Waals surface area contributed by atoms with E-state index in [1.807, 2.05) is 25.0 Å². The Morgan fingerprint density at radius 2 is 2.09 bits per heavy atom. The average Bonchev–Trinajstić information content (AvgIpc) is 3.02. The van der Waals surface area contributed by atoms with E-state index in [4.69, 9.17) is 9.47 Å². The maximum Gasteiger partial charge on any atom is 0.103 e. The molecule has 1 saturated carbocycles. The highest BCUT2D eigenvalue weighted by atomic mass is 16.5. The third-order valence-corrected chi connectivity index (χ3v) is 5.56. The maximum absolute atomic E-state index is 6.07. The molecule has 2 aliphatic rings. The molecule has 2 atom stereocenters. The first-order valence-corrected chi connectivity index (χ1v) is 9.11. The van der Waals surface area contributed by atoms with Gasteiger partial charge in [-0.15, -0.1) is 0 Å². The second kappa shape index (κ2) is 8.27. The number of nitrogens with one attached hydrogen (secondary N) is 1. The van der Waals surface area contributed by atoms with Gasteiger partial charge in [0, 0.05) is 39.4 Å². The van der Waals surface area contributed by atoms with Crippen LogP contribution in [0.5, 0.6) is 0 Å². The van der Waals surface area contributed by atoms with E-state index in [1.54, 1.807) is 0 Å². The van der Waals surface area contributed by atoms with Gasteiger partial charge < -0.3 is 14.8 Å². The van der Waals surface area contributed by atoms with Gasteiger partial charge in [0.25, 0.3) is 0 Å². The maximum atomic E-state index is 6.07. The summed E-state index contributed by atoms with van der Waals surface area (Å²) < 4.78 is 13.5. The van der Waals surface area contributed by atoms with E-state index in [9.17, 15) is 0 Å². The minimum absolute atomic E-state index is 0.188. The highest BCUT2D eigenvalue weighted by Gasteiger charge is 2.29. The van der Waals surface area contributed by atoms with Gasteiger partial charge in [-0.3, -0.25) is 4.68 Å². The molecule has 130 valence electrons. The molecule has 0 aromatic carbocycles. The summed E-state index contributed by atoms with van der Waals surface area (Å²) in [7, 11) is 3.84. The molecule has 1 saturated heterocycles. The molecule has 1 aliphatic heterocycles. The first kappa shape index (κ1) is 16.9. The summed E-state index contributed by atoms with van der Waals surface area (Å²) in [5, 5.41) is 8.02. The Bertz CT molecular complexity index is 469. The van der Waals surface area contributed by atoms with Gasteiger partial charge in [-0.05, 0) is 57.1 Å². The fourth-order valence-electron chi connectivity index (χ4n) is 4.09. The zero-order valence-electron chi connectivity index (χ0n) is 14.5. The van der Waals surface area contributed by atoms with E-state index in [0.717, 1.165) is 25.6 Å². The topological polar surface area (TPSA) is 48.3 Å². The lowest BCUT2D eigenvalue weighted by Gasteiger charge is -2.33. The van der Waals surface area contributed by atoms with E-state index >= 15 is 0 Å². The van der Waals surface area contributed by atoms with Crippen molar-refractivity contribution in [2.24, 2.45) is 18.9 Å². The monoisotopic (exact) mass is 321 g/mol. The fraction of sp³-hybridized carbons (Fsp3) is 0.833. The summed E-state index contributed by atoms with van der Waals surface area (Å²) in [5.41, 5.74) is 1.21. The van der Waals surface area contributed by atoms with Crippen LogP contribution in [0.1, 0.15) is 50.3 Å². The standard InChI is InChI=1S/C18H31N3O2/c1-21-17(9-10-20-21)18-15(4-3-11-23-18)13-19-12-14-5-7-16(22-2)8-6-14/h9-10,14-16,18-19H,3-8,11-13H2,1-2H3/t14?,15-,16?,18+/m0/s1. The van der Waals surface area contributed by atoms with Crippen molar-refractivity contribution in [1.82, 2.24) is 15.1 Å². The third-order valence-electron chi connectivity index (χ3n) is 5.56. The molecular weight excluding hydrogens is 290 g/mol. The van der Waals surface area contributed by atoms with E-state index in [2.05, 4.69) is 16.5 Å². The number of aryl methyl sites for hydroxylation is 1. The van der Waals surface area contributed by atoms with E-state index < -0.39 is 0 Å². The van der Waals surface area contributed by atoms with Gasteiger partial charge in [-0.1, -0.05) is 0 Å². The predicted molar refractivity (Wildman–Crippen MR) is 90.2 cm³/mol. The molecule has 23 heavy (non-hydrogen) atoms. The lowest BCUT2D eigenvalue weighted by Crippen LogP contribution is -2.36. The molecular formula is C18H31N3O2. The highest BCUT2D eigenvalue weighted by Crippen LogP contribution is 2.33. The van der Waals surface area contributed by atoms with Crippen molar-refractivity contribution in [2.75, 3.05) is 26.8 Å². The van der Waals surface area contributed by atoms with Gasteiger partial charge >= 0.3 is 0 Å². The SMILES string of the molecule is COC1CCC(CNC[C@@H]2CCCO[C@H]2c2ccnn2C)CC1. The van der Waals surface area contributed by atoms with Crippen LogP contribution >= 0.6 is 0 Å². The van der Waals surface area contributed by atoms with Crippen LogP contribution in [0.15, 0.2) is 12.3 Å². The number of aromatic nitrogens is 2. The predicted octanol–water partition coefficient (Wildman–Crippen LogP) is 2.68. The molecule has 1 N–H and O–H groups in total.